The van der Waals surface area contributed by atoms with Crippen molar-refractivity contribution in [2.24, 2.45) is 5.92 Å². The molecule has 2 fully saturated rings. The first kappa shape index (κ1) is 11.7. The summed E-state index contributed by atoms with van der Waals surface area (Å²) in [6.45, 7) is 6.68. The first-order valence-corrected chi connectivity index (χ1v) is 6.47. The van der Waals surface area contributed by atoms with E-state index < -0.39 is 0 Å². The maximum atomic E-state index is 12.1. The first-order chi connectivity index (χ1) is 7.47. The quantitative estimate of drug-likeness (QED) is 0.686. The van der Waals surface area contributed by atoms with Crippen molar-refractivity contribution in [3.05, 3.63) is 0 Å². The molecular formula is C13H23NO2. The molecule has 1 saturated carbocycles. The van der Waals surface area contributed by atoms with Crippen molar-refractivity contribution in [3.8, 4) is 0 Å². The van der Waals surface area contributed by atoms with Crippen LogP contribution in [-0.2, 0) is 4.74 Å². The standard InChI is InChI=1S/C13H23NO2/c1-13(2,3)16-12(15)14-9-5-4-6-11(14)10-7-8-10/h10-11H,4-9H2,1-3H3. The first-order valence-electron chi connectivity index (χ1n) is 6.47. The molecule has 1 aliphatic carbocycles. The minimum Gasteiger partial charge on any atom is -0.444 e. The van der Waals surface area contributed by atoms with Gasteiger partial charge in [0.2, 0.25) is 0 Å². The Kier molecular flexibility index (Phi) is 3.13. The van der Waals surface area contributed by atoms with E-state index in [-0.39, 0.29) is 11.7 Å². The Hall–Kier alpha value is -0.730. The summed E-state index contributed by atoms with van der Waals surface area (Å²) in [5.41, 5.74) is -0.372. The summed E-state index contributed by atoms with van der Waals surface area (Å²) in [6, 6.07) is 0.462. The molecule has 0 bridgehead atoms. The Labute approximate surface area is 98.1 Å². The predicted molar refractivity (Wildman–Crippen MR) is 63.3 cm³/mol. The van der Waals surface area contributed by atoms with Gasteiger partial charge in [0, 0.05) is 12.6 Å². The monoisotopic (exact) mass is 225 g/mol. The van der Waals surface area contributed by atoms with Gasteiger partial charge < -0.3 is 9.64 Å². The molecule has 3 nitrogen and oxygen atoms in total. The smallest absolute Gasteiger partial charge is 0.410 e. The lowest BCUT2D eigenvalue weighted by molar-refractivity contribution is 0.00707. The zero-order valence-electron chi connectivity index (χ0n) is 10.7. The third-order valence-electron chi connectivity index (χ3n) is 3.34. The number of carbonyl (C=O) groups excluding carboxylic acids is 1. The van der Waals surface area contributed by atoms with Crippen LogP contribution in [0.15, 0.2) is 0 Å². The van der Waals surface area contributed by atoms with Crippen molar-refractivity contribution in [1.29, 1.82) is 0 Å². The number of hydrogen-bond donors (Lipinski definition) is 0. The molecule has 0 aromatic carbocycles. The van der Waals surface area contributed by atoms with Gasteiger partial charge in [-0.2, -0.15) is 0 Å². The van der Waals surface area contributed by atoms with Gasteiger partial charge in [-0.25, -0.2) is 4.79 Å². The summed E-state index contributed by atoms with van der Waals surface area (Å²) < 4.78 is 5.47. The van der Waals surface area contributed by atoms with E-state index in [4.69, 9.17) is 4.74 Å². The molecule has 1 unspecified atom stereocenters. The van der Waals surface area contributed by atoms with Gasteiger partial charge in [0.25, 0.3) is 0 Å². The van der Waals surface area contributed by atoms with Gasteiger partial charge in [0.15, 0.2) is 0 Å². The number of carbonyl (C=O) groups is 1. The van der Waals surface area contributed by atoms with Gasteiger partial charge in [0.1, 0.15) is 5.60 Å². The molecule has 0 aromatic rings. The molecule has 2 rings (SSSR count). The zero-order valence-corrected chi connectivity index (χ0v) is 10.7. The molecule has 1 saturated heterocycles. The summed E-state index contributed by atoms with van der Waals surface area (Å²) in [5.74, 6) is 0.757. The maximum Gasteiger partial charge on any atom is 0.410 e. The van der Waals surface area contributed by atoms with Crippen molar-refractivity contribution in [3.63, 3.8) is 0 Å². The predicted octanol–water partition coefficient (Wildman–Crippen LogP) is 3.19. The molecule has 0 N–H and O–H groups in total. The van der Waals surface area contributed by atoms with E-state index in [1.165, 1.54) is 25.7 Å². The maximum absolute atomic E-state index is 12.1. The van der Waals surface area contributed by atoms with Crippen LogP contribution < -0.4 is 0 Å². The van der Waals surface area contributed by atoms with Crippen molar-refractivity contribution in [2.45, 2.75) is 64.5 Å². The lowest BCUT2D eigenvalue weighted by Gasteiger charge is -2.37. The molecule has 1 heterocycles. The summed E-state index contributed by atoms with van der Waals surface area (Å²) in [7, 11) is 0. The molecule has 3 heteroatoms. The van der Waals surface area contributed by atoms with Crippen LogP contribution in [0.5, 0.6) is 0 Å². The summed E-state index contributed by atoms with van der Waals surface area (Å²) in [6.07, 6.45) is 6.05. The zero-order chi connectivity index (χ0) is 11.8. The van der Waals surface area contributed by atoms with Crippen LogP contribution in [0.4, 0.5) is 4.79 Å². The Morgan fingerprint density at radius 3 is 2.44 bits per heavy atom. The Morgan fingerprint density at radius 1 is 1.19 bits per heavy atom. The number of amides is 1. The van der Waals surface area contributed by atoms with Gasteiger partial charge in [-0.15, -0.1) is 0 Å². The van der Waals surface area contributed by atoms with E-state index in [0.717, 1.165) is 18.9 Å². The number of likely N-dealkylation sites (tertiary alicyclic amines) is 1. The van der Waals surface area contributed by atoms with Crippen molar-refractivity contribution >= 4 is 6.09 Å². The van der Waals surface area contributed by atoms with E-state index in [0.29, 0.717) is 6.04 Å². The number of piperidine rings is 1. The molecule has 0 aromatic heterocycles. The van der Waals surface area contributed by atoms with Crippen LogP contribution in [0, 0.1) is 5.92 Å². The fourth-order valence-corrected chi connectivity index (χ4v) is 2.48. The van der Waals surface area contributed by atoms with E-state index in [2.05, 4.69) is 0 Å². The second-order valence-electron chi connectivity index (χ2n) is 6.07. The number of hydrogen-bond acceptors (Lipinski definition) is 2. The highest BCUT2D eigenvalue weighted by Crippen LogP contribution is 2.39. The minimum atomic E-state index is -0.372. The molecule has 2 aliphatic rings. The molecule has 1 aliphatic heterocycles. The lowest BCUT2D eigenvalue weighted by atomic mass is 9.99. The minimum absolute atomic E-state index is 0.107. The Bertz CT molecular complexity index is 266. The van der Waals surface area contributed by atoms with Crippen molar-refractivity contribution in [2.75, 3.05) is 6.54 Å². The van der Waals surface area contributed by atoms with Crippen LogP contribution in [0.3, 0.4) is 0 Å². The highest BCUT2D eigenvalue weighted by molar-refractivity contribution is 5.68. The third kappa shape index (κ3) is 2.89. The van der Waals surface area contributed by atoms with E-state index >= 15 is 0 Å². The van der Waals surface area contributed by atoms with Gasteiger partial charge in [-0.05, 0) is 58.8 Å². The largest absolute Gasteiger partial charge is 0.444 e. The molecular weight excluding hydrogens is 202 g/mol. The molecule has 1 amide bonds. The molecule has 16 heavy (non-hydrogen) atoms. The molecule has 0 spiro atoms. The average molecular weight is 225 g/mol. The summed E-state index contributed by atoms with van der Waals surface area (Å²) in [4.78, 5) is 14.0. The third-order valence-corrected chi connectivity index (χ3v) is 3.34. The second kappa shape index (κ2) is 4.27. The highest BCUT2D eigenvalue weighted by atomic mass is 16.6. The van der Waals surface area contributed by atoms with Gasteiger partial charge in [0.05, 0.1) is 0 Å². The van der Waals surface area contributed by atoms with Gasteiger partial charge in [-0.3, -0.25) is 0 Å². The van der Waals surface area contributed by atoms with Crippen LogP contribution in [0.2, 0.25) is 0 Å². The lowest BCUT2D eigenvalue weighted by Crippen LogP contribution is -2.47. The SMILES string of the molecule is CC(C)(C)OC(=O)N1CCCCC1C1CC1. The van der Waals surface area contributed by atoms with Crippen LogP contribution >= 0.6 is 0 Å². The van der Waals surface area contributed by atoms with E-state index in [1.807, 2.05) is 25.7 Å². The van der Waals surface area contributed by atoms with Crippen molar-refractivity contribution < 1.29 is 9.53 Å². The van der Waals surface area contributed by atoms with Gasteiger partial charge in [-0.1, -0.05) is 0 Å². The number of rotatable bonds is 1. The van der Waals surface area contributed by atoms with Gasteiger partial charge >= 0.3 is 6.09 Å². The molecule has 0 radical (unpaired) electrons. The Balaban J connectivity index is 1.96. The fourth-order valence-electron chi connectivity index (χ4n) is 2.48. The number of nitrogens with zero attached hydrogens (tertiary/aromatic N) is 1. The van der Waals surface area contributed by atoms with Crippen LogP contribution in [0.1, 0.15) is 52.9 Å². The fraction of sp³-hybridized carbons (Fsp3) is 0.923. The Morgan fingerprint density at radius 2 is 1.88 bits per heavy atom. The van der Waals surface area contributed by atoms with Crippen LogP contribution in [-0.4, -0.2) is 29.2 Å². The summed E-state index contributed by atoms with van der Waals surface area (Å²) in [5, 5.41) is 0. The molecule has 1 atom stereocenters. The van der Waals surface area contributed by atoms with E-state index in [9.17, 15) is 4.79 Å². The number of ether oxygens (including phenoxy) is 1. The second-order valence-corrected chi connectivity index (χ2v) is 6.07. The average Bonchev–Trinajstić information content (AvgIpc) is 2.98. The normalized spacial score (nSPS) is 26.7. The van der Waals surface area contributed by atoms with E-state index in [1.54, 1.807) is 0 Å². The van der Waals surface area contributed by atoms with Crippen LogP contribution in [0.25, 0.3) is 0 Å². The molecule has 92 valence electrons. The topological polar surface area (TPSA) is 29.5 Å². The summed E-state index contributed by atoms with van der Waals surface area (Å²) >= 11 is 0. The van der Waals surface area contributed by atoms with Crippen molar-refractivity contribution in [1.82, 2.24) is 4.90 Å². The highest BCUT2D eigenvalue weighted by Gasteiger charge is 2.39.